The predicted octanol–water partition coefficient (Wildman–Crippen LogP) is 6.44. The van der Waals surface area contributed by atoms with Gasteiger partial charge in [-0.1, -0.05) is 24.3 Å². The van der Waals surface area contributed by atoms with Crippen LogP contribution in [0.2, 0.25) is 0 Å². The summed E-state index contributed by atoms with van der Waals surface area (Å²) >= 11 is 2.76. The van der Waals surface area contributed by atoms with Crippen molar-refractivity contribution in [1.82, 2.24) is 9.97 Å². The monoisotopic (exact) mass is 837 g/mol. The van der Waals surface area contributed by atoms with Gasteiger partial charge in [-0.05, 0) is 12.1 Å². The van der Waals surface area contributed by atoms with Gasteiger partial charge in [-0.3, -0.25) is 14.2 Å². The third-order valence-electron chi connectivity index (χ3n) is 4.90. The second kappa shape index (κ2) is 17.2. The SMILES string of the molecule is CC[N+](CC)=C([Se-])/N=C(\[O-])c1ccc([N+](=O)[O-])cc1.CS(C)=O.F[P-](F)(F)(F)(F)F.[Pd+2].c1cnc2c(c1)ccc1cccnc12. The molecule has 0 saturated carbocycles. The molecule has 9 nitrogen and oxygen atoms in total. The number of hydrogen-bond acceptors (Lipinski definition) is 6. The molecule has 0 radical (unpaired) electrons. The molecule has 4 rings (SSSR count). The molecule has 0 aliphatic carbocycles. The van der Waals surface area contributed by atoms with E-state index in [-0.39, 0.29) is 26.1 Å². The van der Waals surface area contributed by atoms with Gasteiger partial charge >= 0.3 is 172 Å². The molecule has 0 spiro atoms. The van der Waals surface area contributed by atoms with Crippen LogP contribution in [-0.4, -0.2) is 75.9 Å². The average Bonchev–Trinajstić information content (AvgIpc) is 2.92. The van der Waals surface area contributed by atoms with Crippen LogP contribution in [0.5, 0.6) is 0 Å². The van der Waals surface area contributed by atoms with Crippen molar-refractivity contribution in [3.05, 3.63) is 88.7 Å². The molecule has 45 heavy (non-hydrogen) atoms. The number of amidine groups is 1. The van der Waals surface area contributed by atoms with Crippen LogP contribution < -0.4 is 5.11 Å². The number of non-ortho nitro benzene ring substituents is 1. The fraction of sp³-hybridized carbons (Fsp3) is 0.231. The minimum Gasteiger partial charge on any atom is -0.254 e. The molecule has 2 heterocycles. The molecule has 0 aliphatic heterocycles. The number of benzene rings is 2. The summed E-state index contributed by atoms with van der Waals surface area (Å²) in [5.41, 5.74) is 2.23. The molecular formula is C26H28F6N5O4PPdSSe. The topological polar surface area (TPSA) is 124 Å². The van der Waals surface area contributed by atoms with Crippen molar-refractivity contribution < 1.29 is 64.4 Å². The Morgan fingerprint density at radius 3 is 1.58 bits per heavy atom. The molecule has 4 aromatic rings. The Kier molecular flexibility index (Phi) is 16.1. The second-order valence-electron chi connectivity index (χ2n) is 8.59. The van der Waals surface area contributed by atoms with Crippen molar-refractivity contribution in [3.8, 4) is 0 Å². The number of aliphatic imine (C=N–C) groups is 1. The van der Waals surface area contributed by atoms with Gasteiger partial charge in [0.25, 0.3) is 0 Å². The Morgan fingerprint density at radius 2 is 1.24 bits per heavy atom. The van der Waals surface area contributed by atoms with E-state index in [1.165, 1.54) is 24.3 Å². The minimum atomic E-state index is -10.7. The number of nitrogens with zero attached hydrogens (tertiary/aromatic N) is 5. The van der Waals surface area contributed by atoms with Gasteiger partial charge in [0, 0.05) is 46.5 Å². The molecule has 0 bridgehead atoms. The average molecular weight is 837 g/mol. The van der Waals surface area contributed by atoms with Gasteiger partial charge < -0.3 is 0 Å². The first-order chi connectivity index (χ1) is 20.1. The predicted molar refractivity (Wildman–Crippen MR) is 162 cm³/mol. The molecule has 19 heteroatoms. The van der Waals surface area contributed by atoms with Gasteiger partial charge in [0.15, 0.2) is 0 Å². The summed E-state index contributed by atoms with van der Waals surface area (Å²) in [4.78, 5) is 22.6. The summed E-state index contributed by atoms with van der Waals surface area (Å²) in [6, 6.07) is 17.5. The number of aromatic nitrogens is 2. The van der Waals surface area contributed by atoms with Crippen molar-refractivity contribution >= 4 is 72.7 Å². The summed E-state index contributed by atoms with van der Waals surface area (Å²) in [7, 11) is -11.3. The van der Waals surface area contributed by atoms with E-state index in [2.05, 4.69) is 55.2 Å². The molecule has 0 amide bonds. The Hall–Kier alpha value is -2.86. The van der Waals surface area contributed by atoms with Crippen LogP contribution in [0, 0.1) is 10.1 Å². The standard InChI is InChI=1S/C12H15N3O3Se.C12H8N2.C2H6OS.F6P.Pd/c1-3-14(4-2)12(19)13-11(16)9-5-7-10(8-6-9)15(17)18;1-3-9-5-6-10-4-2-8-14-12(10)11(9)13-7-1;1-4(2)3;1-7(2,3,4,5)6;/h5-8H,3-4H2,1-2H3,(H,13,16,19);1-8H;1-2H3;;/q;;;-1;+2/p-1. The summed E-state index contributed by atoms with van der Waals surface area (Å²) in [5, 5.41) is 24.7. The molecule has 0 atom stereocenters. The molecular weight excluding hydrogens is 809 g/mol. The summed E-state index contributed by atoms with van der Waals surface area (Å²) in [5.74, 6) is -0.421. The Balaban J connectivity index is 0.000000650. The minimum absolute atomic E-state index is 0. The number of pyridine rings is 2. The number of hydrogen-bond donors (Lipinski definition) is 0. The van der Waals surface area contributed by atoms with Gasteiger partial charge in [0.1, 0.15) is 0 Å². The normalized spacial score (nSPS) is 12.5. The zero-order valence-corrected chi connectivity index (χ0v) is 29.0. The van der Waals surface area contributed by atoms with Crippen molar-refractivity contribution in [2.45, 2.75) is 13.8 Å². The molecule has 0 unspecified atom stereocenters. The summed E-state index contributed by atoms with van der Waals surface area (Å²) in [6.45, 7) is 5.42. The van der Waals surface area contributed by atoms with Gasteiger partial charge in [-0.2, -0.15) is 0 Å². The number of nitro benzene ring substituents is 1. The first kappa shape index (κ1) is 42.1. The fourth-order valence-corrected chi connectivity index (χ4v) is 3.84. The molecule has 250 valence electrons. The van der Waals surface area contributed by atoms with Crippen LogP contribution >= 0.6 is 7.81 Å². The van der Waals surface area contributed by atoms with Crippen LogP contribution in [0.25, 0.3) is 21.8 Å². The van der Waals surface area contributed by atoms with E-state index in [1.807, 2.05) is 30.6 Å². The van der Waals surface area contributed by atoms with Crippen molar-refractivity contribution in [2.75, 3.05) is 25.6 Å². The van der Waals surface area contributed by atoms with E-state index in [4.69, 9.17) is 0 Å². The van der Waals surface area contributed by atoms with E-state index >= 15 is 0 Å². The quantitative estimate of drug-likeness (QED) is 0.0269. The first-order valence-electron chi connectivity index (χ1n) is 12.3. The van der Waals surface area contributed by atoms with Crippen molar-refractivity contribution in [1.29, 1.82) is 0 Å². The first-order valence-corrected chi connectivity index (χ1v) is 17.2. The zero-order valence-electron chi connectivity index (χ0n) is 24.1. The van der Waals surface area contributed by atoms with Crippen LogP contribution in [0.1, 0.15) is 19.4 Å². The zero-order chi connectivity index (χ0) is 33.8. The number of rotatable bonds is 4. The number of nitro groups is 1. The van der Waals surface area contributed by atoms with Crippen molar-refractivity contribution in [2.24, 2.45) is 4.99 Å². The van der Waals surface area contributed by atoms with Gasteiger partial charge in [0.2, 0.25) is 0 Å². The Morgan fingerprint density at radius 1 is 0.867 bits per heavy atom. The van der Waals surface area contributed by atoms with E-state index in [0.717, 1.165) is 34.9 Å². The number of halogens is 6. The summed E-state index contributed by atoms with van der Waals surface area (Å²) < 4.78 is 71.2. The maximum absolute atomic E-state index is 11.9. The molecule has 0 N–H and O–H groups in total. The van der Waals surface area contributed by atoms with Gasteiger partial charge in [-0.15, -0.1) is 0 Å². The van der Waals surface area contributed by atoms with E-state index in [0.29, 0.717) is 10.3 Å². The second-order valence-corrected chi connectivity index (χ2v) is 12.8. The van der Waals surface area contributed by atoms with E-state index in [9.17, 15) is 44.6 Å². The number of fused-ring (bicyclic) bond motifs is 3. The molecule has 0 aliphatic rings. The Labute approximate surface area is 279 Å². The largest absolute Gasteiger partial charge is 2.00 e. The van der Waals surface area contributed by atoms with Gasteiger partial charge in [-0.25, -0.2) is 0 Å². The third-order valence-corrected chi connectivity index (χ3v) is 5.63. The van der Waals surface area contributed by atoms with E-state index < -0.39 is 29.4 Å². The summed E-state index contributed by atoms with van der Waals surface area (Å²) in [6.07, 6.45) is 6.88. The van der Waals surface area contributed by atoms with Crippen LogP contribution in [0.15, 0.2) is 78.0 Å². The smallest absolute Gasteiger partial charge is 0.254 e. The molecule has 2 aromatic heterocycles. The third kappa shape index (κ3) is 18.6. The maximum atomic E-state index is 11.9. The van der Waals surface area contributed by atoms with Crippen LogP contribution in [0.4, 0.5) is 30.9 Å². The van der Waals surface area contributed by atoms with Crippen LogP contribution in [-0.2, 0) is 31.2 Å². The maximum Gasteiger partial charge on any atom is 2.00 e. The van der Waals surface area contributed by atoms with Gasteiger partial charge in [0.05, 0.1) is 11.0 Å². The Bertz CT molecular complexity index is 1610. The molecule has 0 fully saturated rings. The van der Waals surface area contributed by atoms with E-state index in [1.54, 1.807) is 24.9 Å². The molecule has 2 aromatic carbocycles. The molecule has 0 saturated heterocycles. The fourth-order valence-electron chi connectivity index (χ4n) is 3.12. The van der Waals surface area contributed by atoms with Crippen molar-refractivity contribution in [3.63, 3.8) is 0 Å². The van der Waals surface area contributed by atoms with Crippen LogP contribution in [0.3, 0.4) is 0 Å².